The molecule has 0 aliphatic carbocycles. The van der Waals surface area contributed by atoms with Crippen molar-refractivity contribution < 1.29 is 264 Å². The van der Waals surface area contributed by atoms with Gasteiger partial charge in [0.15, 0.2) is 0 Å². The Morgan fingerprint density at radius 1 is 0.182 bits per heavy atom. The summed E-state index contributed by atoms with van der Waals surface area (Å²) in [6, 6.07) is 0. The third kappa shape index (κ3) is 2510000. The molecule has 0 fully saturated rings. The fourth-order valence-electron chi connectivity index (χ4n) is 0. The summed E-state index contributed by atoms with van der Waals surface area (Å²) in [7, 11) is -31.3. The molecule has 0 atom stereocenters. The van der Waals surface area contributed by atoms with Crippen LogP contribution in [0.15, 0.2) is 0 Å². The van der Waals surface area contributed by atoms with Crippen LogP contribution in [0.25, 0.3) is 0 Å². The van der Waals surface area contributed by atoms with E-state index in [4.69, 9.17) is 141 Å². The van der Waals surface area contributed by atoms with Crippen molar-refractivity contribution in [2.24, 2.45) is 0 Å². The smallest absolute Gasteiger partial charge is 1.00 e. The molecule has 44 heavy (non-hydrogen) atoms. The summed E-state index contributed by atoms with van der Waals surface area (Å²) in [6.07, 6.45) is 0. The van der Waals surface area contributed by atoms with Gasteiger partial charge in [0.25, 0.3) is 0 Å². The van der Waals surface area contributed by atoms with Crippen molar-refractivity contribution in [1.29, 1.82) is 0 Å². The first-order chi connectivity index (χ1) is 17.3. The number of hydrogen-bond acceptors (Lipinski definition) is 10. The average Bonchev–Trinajstić information content (AvgIpc) is 2.47. The van der Waals surface area contributed by atoms with Gasteiger partial charge in [-0.1, -0.05) is 0 Å². The van der Waals surface area contributed by atoms with Crippen molar-refractivity contribution in [1.82, 2.24) is 0 Å². The molecule has 0 bridgehead atoms. The Balaban J connectivity index is -0.0000000128. The molecular weight excluding hydrogens is 853 g/mol. The maximum Gasteiger partial charge on any atom is 1.00 e. The van der Waals surface area contributed by atoms with E-state index in [1.165, 1.54) is 0 Å². The van der Waals surface area contributed by atoms with E-state index >= 15 is 0 Å². The van der Waals surface area contributed by atoms with E-state index in [0.29, 0.717) is 0 Å². The average molecular weight is 877 g/mol. The van der Waals surface area contributed by atoms with Gasteiger partial charge in [0.1, 0.15) is 0 Å². The molecule has 44 heteroatoms. The summed E-state index contributed by atoms with van der Waals surface area (Å²) in [5, 5.41) is 0. The normalized spacial score (nSPS) is 5.45. The van der Waals surface area contributed by atoms with Crippen LogP contribution in [0.2, 0.25) is 0 Å². The van der Waals surface area contributed by atoms with Gasteiger partial charge in [-0.15, -0.1) is 0 Å². The van der Waals surface area contributed by atoms with E-state index in [-0.39, 0.29) is 124 Å². The Bertz CT molecular complexity index is 501. The quantitative estimate of drug-likeness (QED) is 0.100. The predicted octanol–water partition coefficient (Wildman–Crippen LogP) is -27.7. The zero-order chi connectivity index (χ0) is 35.8. The van der Waals surface area contributed by atoms with Crippen LogP contribution in [0.5, 0.6) is 0 Å². The van der Waals surface area contributed by atoms with Gasteiger partial charge in [-0.2, -0.15) is 0 Å². The van der Waals surface area contributed by atoms with Gasteiger partial charge in [0.05, 0.1) is 0 Å². The van der Waals surface area contributed by atoms with E-state index in [1.54, 1.807) is 0 Å². The fourth-order valence-corrected chi connectivity index (χ4v) is 0. The van der Waals surface area contributed by atoms with Gasteiger partial charge in [0.2, 0.25) is 0 Å². The maximum absolute atomic E-state index is 8.74. The minimum absolute atomic E-state index is 0. The van der Waals surface area contributed by atoms with Crippen molar-refractivity contribution in [3.63, 3.8) is 0 Å². The zero-order valence-electron chi connectivity index (χ0n) is 26.0. The van der Waals surface area contributed by atoms with Gasteiger partial charge in [-0.3, -0.25) is 44.6 Å². The second-order valence-electron chi connectivity index (χ2n) is 2.83. The van der Waals surface area contributed by atoms with Crippen LogP contribution < -0.4 is 118 Å². The first kappa shape index (κ1) is 90.4. The minimum atomic E-state index is -3.13. The summed E-state index contributed by atoms with van der Waals surface area (Å²) >= 11 is 0. The molecule has 0 aromatic rings. The van der Waals surface area contributed by atoms with Crippen LogP contribution >= 0.6 is 0 Å². The molecule has 0 aromatic heterocycles. The Labute approximate surface area is 351 Å². The molecule has 0 amide bonds. The van der Waals surface area contributed by atoms with Gasteiger partial charge in [0, 0.05) is 0 Å². The van der Waals surface area contributed by atoms with Gasteiger partial charge in [-0.25, -0.2) is 0 Å². The van der Waals surface area contributed by atoms with Crippen molar-refractivity contribution in [2.75, 3.05) is 0 Å². The Hall–Kier alpha value is 0.169. The van der Waals surface area contributed by atoms with Gasteiger partial charge < -0.3 is 102 Å². The van der Waals surface area contributed by atoms with Crippen LogP contribution in [0.3, 0.4) is 0 Å². The second kappa shape index (κ2) is 84.3. The zero-order valence-corrected chi connectivity index (χ0v) is 40.0. The Morgan fingerprint density at radius 3 is 0.182 bits per heavy atom. The maximum atomic E-state index is 8.74. The molecule has 0 aliphatic heterocycles. The van der Waals surface area contributed by atoms with E-state index in [1.807, 2.05) is 0 Å². The van der Waals surface area contributed by atoms with Crippen molar-refractivity contribution in [2.45, 2.75) is 0 Å². The van der Waals surface area contributed by atoms with Gasteiger partial charge in [-0.05, 0) is 0 Å². The largest absolute Gasteiger partial charge is 1.00 e. The monoisotopic (exact) mass is 876 g/mol. The molecule has 0 aromatic carbocycles. The topological polar surface area (TPSA) is 575 Å². The third-order valence-corrected chi connectivity index (χ3v) is 0. The molecule has 0 radical (unpaired) electrons. The molecule has 0 saturated carbocycles. The van der Waals surface area contributed by atoms with Crippen LogP contribution in [-0.4, -0.2) is 188 Å². The van der Waals surface area contributed by atoms with Crippen molar-refractivity contribution in [3.05, 3.63) is 0 Å². The molecule has 20 N–H and O–H groups in total. The van der Waals surface area contributed by atoms with Crippen molar-refractivity contribution >= 4 is 91.7 Å². The summed E-state index contributed by atoms with van der Waals surface area (Å²) < 4.78 is 87.4. The van der Waals surface area contributed by atoms with Crippen LogP contribution in [-0.2, 0) is 44.6 Å². The Kier molecular flexibility index (Phi) is 173. The second-order valence-corrected chi connectivity index (χ2v) is 8.48. The van der Waals surface area contributed by atoms with E-state index in [9.17, 15) is 0 Å². The predicted molar refractivity (Wildman–Crippen MR) is 113 cm³/mol. The molecule has 0 rings (SSSR count). The molecule has 0 heterocycles. The standard InChI is InChI=1S/4Na.10H2O3Si.4H/c;;;;10*1-4(2)3;;;;/h;;;;10*1-2H;;;;/q4*+1;;;;;;;;;;;4*-1. The van der Waals surface area contributed by atoms with Crippen LogP contribution in [0.4, 0.5) is 0 Å². The summed E-state index contributed by atoms with van der Waals surface area (Å²) in [6.45, 7) is 0. The van der Waals surface area contributed by atoms with Crippen LogP contribution in [0, 0.1) is 0 Å². The first-order valence-electron chi connectivity index (χ1n) is 6.51. The summed E-state index contributed by atoms with van der Waals surface area (Å²) in [5.41, 5.74) is 0. The number of hydrogen-bond donors (Lipinski definition) is 20. The molecule has 0 unspecified atom stereocenters. The first-order valence-corrected chi connectivity index (χ1v) is 19.5. The molecular formula is H24Na4O30Si10. The minimum Gasteiger partial charge on any atom is -1.00 e. The van der Waals surface area contributed by atoms with E-state index < -0.39 is 91.7 Å². The van der Waals surface area contributed by atoms with Crippen molar-refractivity contribution in [3.8, 4) is 0 Å². The molecule has 248 valence electrons. The Morgan fingerprint density at radius 2 is 0.182 bits per heavy atom. The van der Waals surface area contributed by atoms with Crippen LogP contribution in [0.1, 0.15) is 5.71 Å². The van der Waals surface area contributed by atoms with E-state index in [0.717, 1.165) is 0 Å². The number of rotatable bonds is 0. The fraction of sp³-hybridized carbons (Fsp3) is 0. The molecule has 0 saturated heterocycles. The molecule has 30 nitrogen and oxygen atoms in total. The summed E-state index contributed by atoms with van der Waals surface area (Å²) in [4.78, 5) is 143. The van der Waals surface area contributed by atoms with Gasteiger partial charge >= 0.3 is 210 Å². The molecule has 0 aliphatic rings. The summed E-state index contributed by atoms with van der Waals surface area (Å²) in [5.74, 6) is 0. The van der Waals surface area contributed by atoms with E-state index in [2.05, 4.69) is 0 Å². The SMILES string of the molecule is O=[Si](O)O.O=[Si](O)O.O=[Si](O)O.O=[Si](O)O.O=[Si](O)O.O=[Si](O)O.O=[Si](O)O.O=[Si](O)O.O=[Si](O)O.O=[Si](O)O.[H-].[H-].[H-].[H-].[Na+].[Na+].[Na+].[Na+]. The molecule has 0 spiro atoms. The third-order valence-electron chi connectivity index (χ3n) is 0.